The SMILES string of the molecule is CC(C)N=CC1CCCCC1=O. The molecule has 1 fully saturated rings. The van der Waals surface area contributed by atoms with Crippen molar-refractivity contribution in [2.24, 2.45) is 10.9 Å². The van der Waals surface area contributed by atoms with E-state index < -0.39 is 0 Å². The van der Waals surface area contributed by atoms with Gasteiger partial charge >= 0.3 is 0 Å². The summed E-state index contributed by atoms with van der Waals surface area (Å²) < 4.78 is 0. The minimum absolute atomic E-state index is 0.126. The maximum absolute atomic E-state index is 11.3. The van der Waals surface area contributed by atoms with Gasteiger partial charge in [-0.3, -0.25) is 9.79 Å². The van der Waals surface area contributed by atoms with Gasteiger partial charge in [-0.15, -0.1) is 0 Å². The Kier molecular flexibility index (Phi) is 3.45. The molecule has 1 atom stereocenters. The third-order valence-electron chi connectivity index (χ3n) is 2.17. The fourth-order valence-corrected chi connectivity index (χ4v) is 1.44. The summed E-state index contributed by atoms with van der Waals surface area (Å²) in [6.07, 6.45) is 5.88. The van der Waals surface area contributed by atoms with Gasteiger partial charge in [0.1, 0.15) is 5.78 Å². The van der Waals surface area contributed by atoms with Crippen molar-refractivity contribution in [3.63, 3.8) is 0 Å². The first-order valence-electron chi connectivity index (χ1n) is 4.76. The normalized spacial score (nSPS) is 25.6. The first-order chi connectivity index (χ1) is 5.70. The van der Waals surface area contributed by atoms with Crippen LogP contribution < -0.4 is 0 Å². The summed E-state index contributed by atoms with van der Waals surface area (Å²) in [6, 6.07) is 0.319. The van der Waals surface area contributed by atoms with Gasteiger partial charge in [0.05, 0.1) is 5.92 Å². The molecular formula is C10H17NO. The van der Waals surface area contributed by atoms with Crippen molar-refractivity contribution in [3.8, 4) is 0 Å². The van der Waals surface area contributed by atoms with Crippen LogP contribution in [0.5, 0.6) is 0 Å². The molecule has 2 nitrogen and oxygen atoms in total. The minimum Gasteiger partial charge on any atom is -0.299 e. The average molecular weight is 167 g/mol. The minimum atomic E-state index is 0.126. The topological polar surface area (TPSA) is 29.4 Å². The van der Waals surface area contributed by atoms with E-state index in [2.05, 4.69) is 4.99 Å². The predicted octanol–water partition coefficient (Wildman–Crippen LogP) is 2.22. The highest BCUT2D eigenvalue weighted by molar-refractivity contribution is 5.95. The summed E-state index contributed by atoms with van der Waals surface area (Å²) in [5, 5.41) is 0. The number of aliphatic imine (C=N–C) groups is 1. The fraction of sp³-hybridized carbons (Fsp3) is 0.800. The molecule has 0 radical (unpaired) electrons. The highest BCUT2D eigenvalue weighted by Gasteiger charge is 2.19. The van der Waals surface area contributed by atoms with E-state index in [4.69, 9.17) is 0 Å². The molecule has 0 N–H and O–H groups in total. The van der Waals surface area contributed by atoms with Crippen LogP contribution in [0, 0.1) is 5.92 Å². The second-order valence-corrected chi connectivity index (χ2v) is 3.71. The summed E-state index contributed by atoms with van der Waals surface area (Å²) in [5.41, 5.74) is 0. The third-order valence-corrected chi connectivity index (χ3v) is 2.17. The molecule has 0 saturated heterocycles. The largest absolute Gasteiger partial charge is 0.299 e. The Bertz CT molecular complexity index is 184. The van der Waals surface area contributed by atoms with E-state index in [1.54, 1.807) is 0 Å². The molecule has 1 saturated carbocycles. The molecule has 0 spiro atoms. The van der Waals surface area contributed by atoms with Crippen LogP contribution in [0.1, 0.15) is 39.5 Å². The van der Waals surface area contributed by atoms with Crippen LogP contribution >= 0.6 is 0 Å². The van der Waals surface area contributed by atoms with Crippen LogP contribution in [0.3, 0.4) is 0 Å². The van der Waals surface area contributed by atoms with Gasteiger partial charge < -0.3 is 0 Å². The van der Waals surface area contributed by atoms with E-state index in [1.807, 2.05) is 20.1 Å². The first kappa shape index (κ1) is 9.43. The maximum atomic E-state index is 11.3. The molecule has 0 aromatic carbocycles. The molecule has 0 bridgehead atoms. The lowest BCUT2D eigenvalue weighted by atomic mass is 9.89. The number of carbonyl (C=O) groups is 1. The summed E-state index contributed by atoms with van der Waals surface area (Å²) in [5.74, 6) is 0.506. The van der Waals surface area contributed by atoms with E-state index in [9.17, 15) is 4.79 Å². The van der Waals surface area contributed by atoms with Crippen LogP contribution in [0.15, 0.2) is 4.99 Å². The van der Waals surface area contributed by atoms with Gasteiger partial charge in [-0.25, -0.2) is 0 Å². The zero-order chi connectivity index (χ0) is 8.97. The molecule has 1 rings (SSSR count). The molecule has 2 heteroatoms. The molecule has 1 aliphatic rings. The zero-order valence-corrected chi connectivity index (χ0v) is 7.92. The predicted molar refractivity (Wildman–Crippen MR) is 50.6 cm³/mol. The summed E-state index contributed by atoms with van der Waals surface area (Å²) in [6.45, 7) is 4.06. The van der Waals surface area contributed by atoms with Crippen LogP contribution in [-0.2, 0) is 4.79 Å². The summed E-state index contributed by atoms with van der Waals surface area (Å²) in [7, 11) is 0. The molecule has 68 valence electrons. The van der Waals surface area contributed by atoms with E-state index >= 15 is 0 Å². The lowest BCUT2D eigenvalue weighted by Gasteiger charge is -2.16. The number of nitrogens with zero attached hydrogens (tertiary/aromatic N) is 1. The quantitative estimate of drug-likeness (QED) is 0.580. The maximum Gasteiger partial charge on any atom is 0.141 e. The van der Waals surface area contributed by atoms with Gasteiger partial charge in [0.25, 0.3) is 0 Å². The molecule has 1 unspecified atom stereocenters. The van der Waals surface area contributed by atoms with Gasteiger partial charge in [-0.2, -0.15) is 0 Å². The molecule has 0 amide bonds. The van der Waals surface area contributed by atoms with Crippen molar-refractivity contribution in [2.45, 2.75) is 45.6 Å². The van der Waals surface area contributed by atoms with Crippen molar-refractivity contribution in [1.82, 2.24) is 0 Å². The van der Waals surface area contributed by atoms with Gasteiger partial charge in [0.2, 0.25) is 0 Å². The third kappa shape index (κ3) is 2.76. The molecule has 0 heterocycles. The Labute approximate surface area is 74.1 Å². The molecule has 1 aliphatic carbocycles. The summed E-state index contributed by atoms with van der Waals surface area (Å²) >= 11 is 0. The Morgan fingerprint density at radius 2 is 2.25 bits per heavy atom. The lowest BCUT2D eigenvalue weighted by Crippen LogP contribution is -2.20. The number of hydrogen-bond donors (Lipinski definition) is 0. The van der Waals surface area contributed by atoms with Crippen molar-refractivity contribution in [3.05, 3.63) is 0 Å². The number of carbonyl (C=O) groups excluding carboxylic acids is 1. The summed E-state index contributed by atoms with van der Waals surface area (Å²) in [4.78, 5) is 15.6. The Morgan fingerprint density at radius 1 is 1.50 bits per heavy atom. The second kappa shape index (κ2) is 4.39. The molecule has 0 aromatic heterocycles. The van der Waals surface area contributed by atoms with Crippen molar-refractivity contribution < 1.29 is 4.79 Å². The van der Waals surface area contributed by atoms with Crippen LogP contribution in [0.2, 0.25) is 0 Å². The fourth-order valence-electron chi connectivity index (χ4n) is 1.44. The van der Waals surface area contributed by atoms with Gasteiger partial charge in [0.15, 0.2) is 0 Å². The van der Waals surface area contributed by atoms with Crippen molar-refractivity contribution >= 4 is 12.0 Å². The lowest BCUT2D eigenvalue weighted by molar-refractivity contribution is -0.122. The first-order valence-corrected chi connectivity index (χ1v) is 4.76. The van der Waals surface area contributed by atoms with Crippen LogP contribution in [0.4, 0.5) is 0 Å². The van der Waals surface area contributed by atoms with Crippen LogP contribution in [-0.4, -0.2) is 18.0 Å². The van der Waals surface area contributed by atoms with Crippen molar-refractivity contribution in [2.75, 3.05) is 0 Å². The number of rotatable bonds is 2. The Balaban J connectivity index is 2.44. The molecule has 12 heavy (non-hydrogen) atoms. The van der Waals surface area contributed by atoms with Gasteiger partial charge in [-0.05, 0) is 26.7 Å². The molecule has 0 aliphatic heterocycles. The molecule has 0 aromatic rings. The van der Waals surface area contributed by atoms with E-state index in [0.717, 1.165) is 19.3 Å². The van der Waals surface area contributed by atoms with Gasteiger partial charge in [0, 0.05) is 18.7 Å². The van der Waals surface area contributed by atoms with E-state index in [1.165, 1.54) is 6.42 Å². The van der Waals surface area contributed by atoms with Gasteiger partial charge in [-0.1, -0.05) is 6.42 Å². The highest BCUT2D eigenvalue weighted by atomic mass is 16.1. The monoisotopic (exact) mass is 167 g/mol. The Hall–Kier alpha value is -0.660. The average Bonchev–Trinajstić information content (AvgIpc) is 2.03. The smallest absolute Gasteiger partial charge is 0.141 e. The zero-order valence-electron chi connectivity index (χ0n) is 7.92. The van der Waals surface area contributed by atoms with E-state index in [0.29, 0.717) is 11.8 Å². The Morgan fingerprint density at radius 3 is 2.83 bits per heavy atom. The standard InChI is InChI=1S/C10H17NO/c1-8(2)11-7-9-5-3-4-6-10(9)12/h7-9H,3-6H2,1-2H3. The van der Waals surface area contributed by atoms with E-state index in [-0.39, 0.29) is 5.92 Å². The van der Waals surface area contributed by atoms with Crippen molar-refractivity contribution in [1.29, 1.82) is 0 Å². The molecular weight excluding hydrogens is 150 g/mol. The second-order valence-electron chi connectivity index (χ2n) is 3.71. The number of Topliss-reactive ketones (excluding diaryl/α,β-unsaturated/α-hetero) is 1. The van der Waals surface area contributed by atoms with Crippen LogP contribution in [0.25, 0.3) is 0 Å². The number of ketones is 1. The number of hydrogen-bond acceptors (Lipinski definition) is 2. The highest BCUT2D eigenvalue weighted by Crippen LogP contribution is 2.18.